The van der Waals surface area contributed by atoms with Crippen molar-refractivity contribution >= 4 is 18.5 Å². The molecule has 1 unspecified atom stereocenters. The summed E-state index contributed by atoms with van der Waals surface area (Å²) < 4.78 is 5.40. The van der Waals surface area contributed by atoms with Crippen LogP contribution in [0.2, 0.25) is 0 Å². The molecule has 1 aromatic rings. The van der Waals surface area contributed by atoms with E-state index in [0.717, 1.165) is 5.75 Å². The molecule has 0 aromatic heterocycles. The van der Waals surface area contributed by atoms with Crippen molar-refractivity contribution in [1.82, 2.24) is 5.32 Å². The van der Waals surface area contributed by atoms with E-state index < -0.39 is 0 Å². The number of ether oxygens (including phenoxy) is 1. The van der Waals surface area contributed by atoms with Gasteiger partial charge in [0.05, 0.1) is 11.8 Å². The van der Waals surface area contributed by atoms with Gasteiger partial charge in [-0.2, -0.15) is 12.6 Å². The summed E-state index contributed by atoms with van der Waals surface area (Å²) in [6.45, 7) is 2.70. The predicted molar refractivity (Wildman–Crippen MR) is 63.4 cm³/mol. The molecule has 0 fully saturated rings. The number of thiol groups is 1. The van der Waals surface area contributed by atoms with Crippen LogP contribution in [0.25, 0.3) is 0 Å². The highest BCUT2D eigenvalue weighted by molar-refractivity contribution is 7.81. The molecule has 0 heterocycles. The van der Waals surface area contributed by atoms with Crippen LogP contribution in [0.5, 0.6) is 5.75 Å². The van der Waals surface area contributed by atoms with Gasteiger partial charge in [-0.05, 0) is 19.1 Å². The summed E-state index contributed by atoms with van der Waals surface area (Å²) in [4.78, 5) is 11.1. The van der Waals surface area contributed by atoms with Crippen LogP contribution in [-0.2, 0) is 4.79 Å². The summed E-state index contributed by atoms with van der Waals surface area (Å²) in [5, 5.41) is 2.44. The molecule has 0 radical (unpaired) electrons. The highest BCUT2D eigenvalue weighted by Crippen LogP contribution is 2.07. The summed E-state index contributed by atoms with van der Waals surface area (Å²) in [5.41, 5.74) is 0. The van der Waals surface area contributed by atoms with E-state index in [1.807, 2.05) is 30.3 Å². The van der Waals surface area contributed by atoms with E-state index in [4.69, 9.17) is 4.74 Å². The zero-order valence-corrected chi connectivity index (χ0v) is 9.54. The molecule has 0 aliphatic heterocycles. The minimum Gasteiger partial charge on any atom is -0.492 e. The molecule has 15 heavy (non-hydrogen) atoms. The number of carbonyl (C=O) groups is 1. The van der Waals surface area contributed by atoms with Gasteiger partial charge in [-0.25, -0.2) is 0 Å². The number of hydrogen-bond acceptors (Lipinski definition) is 3. The molecule has 82 valence electrons. The maximum Gasteiger partial charge on any atom is 0.232 e. The molecule has 0 aliphatic carbocycles. The average molecular weight is 225 g/mol. The third-order valence-corrected chi connectivity index (χ3v) is 2.03. The molecular formula is C11H15NO2S. The van der Waals surface area contributed by atoms with Crippen LogP contribution in [0.4, 0.5) is 0 Å². The number of nitrogens with one attached hydrogen (secondary N) is 1. The lowest BCUT2D eigenvalue weighted by Crippen LogP contribution is -2.32. The second-order valence-corrected chi connectivity index (χ2v) is 3.90. The number of carbonyl (C=O) groups excluding carboxylic acids is 1. The third kappa shape index (κ3) is 4.74. The van der Waals surface area contributed by atoms with Crippen LogP contribution in [0.3, 0.4) is 0 Å². The van der Waals surface area contributed by atoms with E-state index >= 15 is 0 Å². The minimum atomic E-state index is -0.276. The molecule has 0 aliphatic rings. The molecule has 1 aromatic carbocycles. The van der Waals surface area contributed by atoms with Gasteiger partial charge in [0.1, 0.15) is 12.4 Å². The van der Waals surface area contributed by atoms with Crippen LogP contribution in [0.1, 0.15) is 6.92 Å². The molecule has 4 heteroatoms. The Morgan fingerprint density at radius 3 is 2.73 bits per heavy atom. The first-order valence-corrected chi connectivity index (χ1v) is 5.35. The lowest BCUT2D eigenvalue weighted by molar-refractivity contribution is -0.120. The lowest BCUT2D eigenvalue weighted by atomic mass is 10.3. The Kier molecular flexibility index (Phi) is 5.04. The van der Waals surface area contributed by atoms with Crippen LogP contribution >= 0.6 is 12.6 Å². The SMILES string of the molecule is CC(S)C(=O)NCCOc1ccccc1. The zero-order chi connectivity index (χ0) is 11.1. The second kappa shape index (κ2) is 6.35. The maximum atomic E-state index is 11.1. The van der Waals surface area contributed by atoms with Crippen LogP contribution in [0.15, 0.2) is 30.3 Å². The van der Waals surface area contributed by atoms with E-state index in [2.05, 4.69) is 17.9 Å². The van der Waals surface area contributed by atoms with Gasteiger partial charge in [0, 0.05) is 0 Å². The van der Waals surface area contributed by atoms with Gasteiger partial charge in [-0.1, -0.05) is 18.2 Å². The standard InChI is InChI=1S/C11H15NO2S/c1-9(15)11(13)12-7-8-14-10-5-3-2-4-6-10/h2-6,9,15H,7-8H2,1H3,(H,12,13). The van der Waals surface area contributed by atoms with Crippen molar-refractivity contribution in [2.75, 3.05) is 13.2 Å². The van der Waals surface area contributed by atoms with Crippen LogP contribution in [0, 0.1) is 0 Å². The maximum absolute atomic E-state index is 11.1. The topological polar surface area (TPSA) is 38.3 Å². The van der Waals surface area contributed by atoms with Crippen molar-refractivity contribution in [3.8, 4) is 5.75 Å². The smallest absolute Gasteiger partial charge is 0.232 e. The molecule has 0 spiro atoms. The Hall–Kier alpha value is -1.16. The zero-order valence-electron chi connectivity index (χ0n) is 8.64. The monoisotopic (exact) mass is 225 g/mol. The van der Waals surface area contributed by atoms with Crippen LogP contribution in [-0.4, -0.2) is 24.3 Å². The quantitative estimate of drug-likeness (QED) is 0.589. The van der Waals surface area contributed by atoms with E-state index in [-0.39, 0.29) is 11.2 Å². The molecule has 0 bridgehead atoms. The van der Waals surface area contributed by atoms with Crippen molar-refractivity contribution in [2.24, 2.45) is 0 Å². The van der Waals surface area contributed by atoms with Gasteiger partial charge in [0.25, 0.3) is 0 Å². The first-order chi connectivity index (χ1) is 7.20. The highest BCUT2D eigenvalue weighted by Gasteiger charge is 2.05. The van der Waals surface area contributed by atoms with Gasteiger partial charge in [0.15, 0.2) is 0 Å². The van der Waals surface area contributed by atoms with Crippen molar-refractivity contribution in [3.63, 3.8) is 0 Å². The number of rotatable bonds is 5. The third-order valence-electron chi connectivity index (χ3n) is 1.79. The molecule has 1 rings (SSSR count). The Labute approximate surface area is 95.2 Å². The summed E-state index contributed by atoms with van der Waals surface area (Å²) >= 11 is 4.01. The van der Waals surface area contributed by atoms with Gasteiger partial charge in [-0.3, -0.25) is 4.79 Å². The second-order valence-electron chi connectivity index (χ2n) is 3.13. The number of benzene rings is 1. The highest BCUT2D eigenvalue weighted by atomic mass is 32.1. The van der Waals surface area contributed by atoms with Gasteiger partial charge in [-0.15, -0.1) is 0 Å². The fourth-order valence-electron chi connectivity index (χ4n) is 1.01. The first kappa shape index (κ1) is 11.9. The molecular weight excluding hydrogens is 210 g/mol. The van der Waals surface area contributed by atoms with Gasteiger partial charge in [0.2, 0.25) is 5.91 Å². The van der Waals surface area contributed by atoms with E-state index in [9.17, 15) is 4.79 Å². The summed E-state index contributed by atoms with van der Waals surface area (Å²) in [6.07, 6.45) is 0. The average Bonchev–Trinajstić information content (AvgIpc) is 2.25. The Bertz CT molecular complexity index is 301. The molecule has 1 amide bonds. The Balaban J connectivity index is 2.15. The Morgan fingerprint density at radius 2 is 2.13 bits per heavy atom. The Morgan fingerprint density at radius 1 is 1.47 bits per heavy atom. The molecule has 0 saturated heterocycles. The van der Waals surface area contributed by atoms with E-state index in [0.29, 0.717) is 13.2 Å². The van der Waals surface area contributed by atoms with Crippen molar-refractivity contribution in [3.05, 3.63) is 30.3 Å². The molecule has 0 saturated carbocycles. The van der Waals surface area contributed by atoms with Gasteiger partial charge >= 0.3 is 0 Å². The fourth-order valence-corrected chi connectivity index (χ4v) is 1.10. The number of hydrogen-bond donors (Lipinski definition) is 2. The summed E-state index contributed by atoms with van der Waals surface area (Å²) in [5.74, 6) is 0.737. The number of para-hydroxylation sites is 1. The number of amides is 1. The van der Waals surface area contributed by atoms with Crippen molar-refractivity contribution in [2.45, 2.75) is 12.2 Å². The minimum absolute atomic E-state index is 0.0741. The fraction of sp³-hybridized carbons (Fsp3) is 0.364. The van der Waals surface area contributed by atoms with Crippen molar-refractivity contribution < 1.29 is 9.53 Å². The molecule has 1 atom stereocenters. The van der Waals surface area contributed by atoms with E-state index in [1.54, 1.807) is 6.92 Å². The molecule has 1 N–H and O–H groups in total. The predicted octanol–water partition coefficient (Wildman–Crippen LogP) is 1.50. The van der Waals surface area contributed by atoms with Crippen LogP contribution < -0.4 is 10.1 Å². The normalized spacial score (nSPS) is 11.9. The first-order valence-electron chi connectivity index (χ1n) is 4.84. The largest absolute Gasteiger partial charge is 0.492 e. The van der Waals surface area contributed by atoms with E-state index in [1.165, 1.54) is 0 Å². The summed E-state index contributed by atoms with van der Waals surface area (Å²) in [6, 6.07) is 9.50. The van der Waals surface area contributed by atoms with Crippen molar-refractivity contribution in [1.29, 1.82) is 0 Å². The molecule has 3 nitrogen and oxygen atoms in total. The van der Waals surface area contributed by atoms with Gasteiger partial charge < -0.3 is 10.1 Å². The lowest BCUT2D eigenvalue weighted by Gasteiger charge is -2.08. The summed E-state index contributed by atoms with van der Waals surface area (Å²) in [7, 11) is 0.